The minimum atomic E-state index is -0.228. The van der Waals surface area contributed by atoms with Crippen molar-refractivity contribution in [3.05, 3.63) is 56.9 Å². The van der Waals surface area contributed by atoms with Crippen LogP contribution < -0.4 is 15.9 Å². The van der Waals surface area contributed by atoms with Gasteiger partial charge in [-0.2, -0.15) is 5.10 Å². The van der Waals surface area contributed by atoms with Crippen molar-refractivity contribution in [1.82, 2.24) is 9.13 Å². The van der Waals surface area contributed by atoms with Crippen LogP contribution in [0.25, 0.3) is 0 Å². The predicted molar refractivity (Wildman–Crippen MR) is 91.0 cm³/mol. The monoisotopic (exact) mass is 334 g/mol. The van der Waals surface area contributed by atoms with Crippen LogP contribution in [0.4, 0.5) is 0 Å². The molecular formula is C16H19ClN4O2. The number of ether oxygens (including phenoxy) is 1. The molecule has 1 aromatic carbocycles. The summed E-state index contributed by atoms with van der Waals surface area (Å²) in [7, 11) is 3.30. The first-order valence-corrected chi connectivity index (χ1v) is 7.56. The summed E-state index contributed by atoms with van der Waals surface area (Å²) < 4.78 is 8.29. The molecule has 0 saturated carbocycles. The van der Waals surface area contributed by atoms with Crippen molar-refractivity contribution in [3.63, 3.8) is 0 Å². The molecule has 122 valence electrons. The van der Waals surface area contributed by atoms with Crippen molar-refractivity contribution < 1.29 is 4.74 Å². The second kappa shape index (κ2) is 7.28. The SMILES string of the molecule is CCOc1cc(=NN=C(C)c2ccc(Cl)cc2)n(C)c(=O)n1C. The summed E-state index contributed by atoms with van der Waals surface area (Å²) in [4.78, 5) is 12.2. The number of hydrogen-bond donors (Lipinski definition) is 0. The zero-order valence-corrected chi connectivity index (χ0v) is 14.3. The number of aromatic nitrogens is 2. The zero-order chi connectivity index (χ0) is 17.0. The van der Waals surface area contributed by atoms with Crippen LogP contribution >= 0.6 is 11.6 Å². The number of hydrogen-bond acceptors (Lipinski definition) is 4. The average molecular weight is 335 g/mol. The Labute approximate surface area is 139 Å². The Balaban J connectivity index is 2.48. The van der Waals surface area contributed by atoms with Crippen LogP contribution in [0.1, 0.15) is 19.4 Å². The van der Waals surface area contributed by atoms with Crippen molar-refractivity contribution in [3.8, 4) is 5.88 Å². The number of benzene rings is 1. The van der Waals surface area contributed by atoms with E-state index in [1.165, 1.54) is 9.13 Å². The molecular weight excluding hydrogens is 316 g/mol. The third-order valence-electron chi connectivity index (χ3n) is 3.36. The quantitative estimate of drug-likeness (QED) is 0.635. The largest absolute Gasteiger partial charge is 0.479 e. The molecule has 23 heavy (non-hydrogen) atoms. The molecule has 1 heterocycles. The highest BCUT2D eigenvalue weighted by atomic mass is 35.5. The van der Waals surface area contributed by atoms with E-state index in [0.717, 1.165) is 11.3 Å². The molecule has 0 bridgehead atoms. The van der Waals surface area contributed by atoms with E-state index in [4.69, 9.17) is 16.3 Å². The van der Waals surface area contributed by atoms with Crippen LogP contribution in [-0.4, -0.2) is 21.5 Å². The van der Waals surface area contributed by atoms with Crippen LogP contribution in [0, 0.1) is 0 Å². The molecule has 0 aliphatic heterocycles. The number of rotatable bonds is 4. The molecule has 0 amide bonds. The van der Waals surface area contributed by atoms with Crippen LogP contribution in [0.3, 0.4) is 0 Å². The van der Waals surface area contributed by atoms with Gasteiger partial charge in [-0.15, -0.1) is 5.10 Å². The standard InChI is InChI=1S/C16H19ClN4O2/c1-5-23-15-10-14(20(3)16(22)21(15)4)19-18-11(2)12-6-8-13(17)9-7-12/h6-10H,5H2,1-4H3. The van der Waals surface area contributed by atoms with E-state index in [2.05, 4.69) is 10.2 Å². The molecule has 2 rings (SSSR count). The van der Waals surface area contributed by atoms with Gasteiger partial charge in [0.25, 0.3) is 0 Å². The van der Waals surface area contributed by atoms with Gasteiger partial charge in [0.05, 0.1) is 12.3 Å². The first kappa shape index (κ1) is 17.0. The third-order valence-corrected chi connectivity index (χ3v) is 3.61. The second-order valence-electron chi connectivity index (χ2n) is 4.97. The summed E-state index contributed by atoms with van der Waals surface area (Å²) in [6.07, 6.45) is 0. The summed E-state index contributed by atoms with van der Waals surface area (Å²) in [5.41, 5.74) is 1.83. The van der Waals surface area contributed by atoms with Crippen LogP contribution in [0.15, 0.2) is 45.3 Å². The fraction of sp³-hybridized carbons (Fsp3) is 0.312. The van der Waals surface area contributed by atoms with Gasteiger partial charge in [0.1, 0.15) is 0 Å². The first-order chi connectivity index (χ1) is 10.9. The van der Waals surface area contributed by atoms with E-state index >= 15 is 0 Å². The Morgan fingerprint density at radius 2 is 1.87 bits per heavy atom. The van der Waals surface area contributed by atoms with Gasteiger partial charge in [-0.05, 0) is 31.5 Å². The second-order valence-corrected chi connectivity index (χ2v) is 5.40. The van der Waals surface area contributed by atoms with Gasteiger partial charge in [0, 0.05) is 25.2 Å². The van der Waals surface area contributed by atoms with E-state index in [-0.39, 0.29) is 5.69 Å². The molecule has 0 aliphatic rings. The molecule has 6 nitrogen and oxygen atoms in total. The van der Waals surface area contributed by atoms with Crippen LogP contribution in [-0.2, 0) is 14.1 Å². The molecule has 1 aromatic heterocycles. The highest BCUT2D eigenvalue weighted by molar-refractivity contribution is 6.30. The van der Waals surface area contributed by atoms with Gasteiger partial charge in [0.2, 0.25) is 5.88 Å². The smallest absolute Gasteiger partial charge is 0.332 e. The highest BCUT2D eigenvalue weighted by Gasteiger charge is 2.05. The average Bonchev–Trinajstić information content (AvgIpc) is 2.54. The van der Waals surface area contributed by atoms with Crippen molar-refractivity contribution in [2.24, 2.45) is 24.3 Å². The van der Waals surface area contributed by atoms with E-state index in [1.807, 2.05) is 26.0 Å². The fourth-order valence-corrected chi connectivity index (χ4v) is 2.10. The minimum Gasteiger partial charge on any atom is -0.479 e. The molecule has 2 aromatic rings. The van der Waals surface area contributed by atoms with Crippen molar-refractivity contribution in [1.29, 1.82) is 0 Å². The Morgan fingerprint density at radius 1 is 1.22 bits per heavy atom. The molecule has 0 aliphatic carbocycles. The maximum Gasteiger partial charge on any atom is 0.332 e. The lowest BCUT2D eigenvalue weighted by molar-refractivity contribution is 0.305. The normalized spacial score (nSPS) is 12.6. The Bertz CT molecular complexity index is 848. The van der Waals surface area contributed by atoms with Crippen molar-refractivity contribution in [2.45, 2.75) is 13.8 Å². The Hall–Kier alpha value is -2.34. The molecule has 0 fully saturated rings. The van der Waals surface area contributed by atoms with Gasteiger partial charge in [-0.3, -0.25) is 9.13 Å². The Kier molecular flexibility index (Phi) is 5.39. The number of nitrogens with zero attached hydrogens (tertiary/aromatic N) is 4. The fourth-order valence-electron chi connectivity index (χ4n) is 1.98. The molecule has 0 N–H and O–H groups in total. The van der Waals surface area contributed by atoms with Gasteiger partial charge in [0.15, 0.2) is 5.49 Å². The summed E-state index contributed by atoms with van der Waals surface area (Å²) in [6, 6.07) is 9.00. The van der Waals surface area contributed by atoms with E-state index in [0.29, 0.717) is 23.0 Å². The van der Waals surface area contributed by atoms with E-state index in [1.54, 1.807) is 32.3 Å². The van der Waals surface area contributed by atoms with Crippen molar-refractivity contribution >= 4 is 17.3 Å². The molecule has 7 heteroatoms. The summed E-state index contributed by atoms with van der Waals surface area (Å²) in [6.45, 7) is 4.17. The Morgan fingerprint density at radius 3 is 2.48 bits per heavy atom. The minimum absolute atomic E-state index is 0.228. The maximum absolute atomic E-state index is 12.2. The summed E-state index contributed by atoms with van der Waals surface area (Å²) >= 11 is 5.87. The van der Waals surface area contributed by atoms with Gasteiger partial charge < -0.3 is 4.74 Å². The summed E-state index contributed by atoms with van der Waals surface area (Å²) in [5.74, 6) is 0.452. The van der Waals surface area contributed by atoms with E-state index < -0.39 is 0 Å². The molecule has 0 saturated heterocycles. The zero-order valence-electron chi connectivity index (χ0n) is 13.6. The van der Waals surface area contributed by atoms with Gasteiger partial charge in [-0.25, -0.2) is 4.79 Å². The lowest BCUT2D eigenvalue weighted by atomic mass is 10.1. The lowest BCUT2D eigenvalue weighted by Crippen LogP contribution is -2.37. The third kappa shape index (κ3) is 3.90. The van der Waals surface area contributed by atoms with Gasteiger partial charge in [-0.1, -0.05) is 23.7 Å². The summed E-state index contributed by atoms with van der Waals surface area (Å²) in [5, 5.41) is 9.04. The lowest BCUT2D eigenvalue weighted by Gasteiger charge is -2.10. The van der Waals surface area contributed by atoms with Gasteiger partial charge >= 0.3 is 5.69 Å². The molecule has 0 atom stereocenters. The molecule has 0 spiro atoms. The van der Waals surface area contributed by atoms with Crippen molar-refractivity contribution in [2.75, 3.05) is 6.61 Å². The van der Waals surface area contributed by atoms with Crippen LogP contribution in [0.5, 0.6) is 5.88 Å². The van der Waals surface area contributed by atoms with E-state index in [9.17, 15) is 4.79 Å². The first-order valence-electron chi connectivity index (χ1n) is 7.18. The maximum atomic E-state index is 12.2. The molecule has 0 radical (unpaired) electrons. The molecule has 0 unspecified atom stereocenters. The predicted octanol–water partition coefficient (Wildman–Crippen LogP) is 2.10. The van der Waals surface area contributed by atoms with Crippen LogP contribution in [0.2, 0.25) is 5.02 Å². The number of halogens is 1. The topological polar surface area (TPSA) is 60.9 Å². The highest BCUT2D eigenvalue weighted by Crippen LogP contribution is 2.10.